The zero-order valence-electron chi connectivity index (χ0n) is 13.0. The standard InChI is InChI=1S/C19H17Cl2NO2/c20-16-7-6-15(19(21)10-16)13-24-17-4-1-3-14(9-17)11-22-12-18-5-2-8-23-18/h1-10,22H,11-13H2. The maximum atomic E-state index is 6.16. The summed E-state index contributed by atoms with van der Waals surface area (Å²) in [5.74, 6) is 1.72. The van der Waals surface area contributed by atoms with E-state index < -0.39 is 0 Å². The molecule has 1 N–H and O–H groups in total. The van der Waals surface area contributed by atoms with Crippen molar-refractivity contribution in [3.63, 3.8) is 0 Å². The summed E-state index contributed by atoms with van der Waals surface area (Å²) in [5.41, 5.74) is 2.05. The molecule has 3 aromatic rings. The van der Waals surface area contributed by atoms with Crippen LogP contribution in [0.3, 0.4) is 0 Å². The first-order valence-corrected chi connectivity index (χ1v) is 8.35. The Morgan fingerprint density at radius 3 is 2.67 bits per heavy atom. The highest BCUT2D eigenvalue weighted by atomic mass is 35.5. The normalized spacial score (nSPS) is 10.8. The number of furan rings is 1. The summed E-state index contributed by atoms with van der Waals surface area (Å²) in [4.78, 5) is 0. The number of ether oxygens (including phenoxy) is 1. The van der Waals surface area contributed by atoms with Crippen molar-refractivity contribution in [1.82, 2.24) is 5.32 Å². The molecule has 0 aliphatic heterocycles. The summed E-state index contributed by atoms with van der Waals surface area (Å²) in [6, 6.07) is 17.2. The van der Waals surface area contributed by atoms with Gasteiger partial charge >= 0.3 is 0 Å². The van der Waals surface area contributed by atoms with Crippen LogP contribution in [0.2, 0.25) is 10.0 Å². The first-order chi connectivity index (χ1) is 11.7. The monoisotopic (exact) mass is 361 g/mol. The lowest BCUT2D eigenvalue weighted by Crippen LogP contribution is -2.12. The van der Waals surface area contributed by atoms with Gasteiger partial charge in [-0.1, -0.05) is 41.4 Å². The highest BCUT2D eigenvalue weighted by Crippen LogP contribution is 2.23. The van der Waals surface area contributed by atoms with Crippen molar-refractivity contribution in [3.8, 4) is 5.75 Å². The molecule has 1 aromatic heterocycles. The van der Waals surface area contributed by atoms with E-state index in [1.807, 2.05) is 36.4 Å². The molecule has 0 atom stereocenters. The molecule has 24 heavy (non-hydrogen) atoms. The molecule has 0 radical (unpaired) electrons. The largest absolute Gasteiger partial charge is 0.489 e. The molecule has 5 heteroatoms. The van der Waals surface area contributed by atoms with Gasteiger partial charge in [0.05, 0.1) is 12.8 Å². The van der Waals surface area contributed by atoms with Crippen LogP contribution in [-0.4, -0.2) is 0 Å². The molecule has 124 valence electrons. The van der Waals surface area contributed by atoms with E-state index in [2.05, 4.69) is 11.4 Å². The van der Waals surface area contributed by atoms with E-state index in [-0.39, 0.29) is 0 Å². The second-order valence-corrected chi connectivity index (χ2v) is 6.20. The predicted molar refractivity (Wildman–Crippen MR) is 96.5 cm³/mol. The fraction of sp³-hybridized carbons (Fsp3) is 0.158. The second kappa shape index (κ2) is 8.25. The van der Waals surface area contributed by atoms with Crippen LogP contribution >= 0.6 is 23.2 Å². The molecular weight excluding hydrogens is 345 g/mol. The van der Waals surface area contributed by atoms with Crippen molar-refractivity contribution >= 4 is 23.2 Å². The van der Waals surface area contributed by atoms with Crippen molar-refractivity contribution in [2.45, 2.75) is 19.7 Å². The molecule has 3 rings (SSSR count). The third kappa shape index (κ3) is 4.78. The van der Waals surface area contributed by atoms with E-state index in [0.717, 1.165) is 29.2 Å². The van der Waals surface area contributed by atoms with Gasteiger partial charge in [-0.2, -0.15) is 0 Å². The Labute approximate surface area is 151 Å². The molecule has 0 bridgehead atoms. The van der Waals surface area contributed by atoms with Gasteiger partial charge in [0.1, 0.15) is 18.1 Å². The summed E-state index contributed by atoms with van der Waals surface area (Å²) in [5, 5.41) is 4.56. The van der Waals surface area contributed by atoms with Crippen molar-refractivity contribution in [2.24, 2.45) is 0 Å². The Balaban J connectivity index is 1.54. The fourth-order valence-electron chi connectivity index (χ4n) is 2.29. The number of halogens is 2. The van der Waals surface area contributed by atoms with Crippen LogP contribution in [0.5, 0.6) is 5.75 Å². The second-order valence-electron chi connectivity index (χ2n) is 5.35. The molecule has 0 spiro atoms. The van der Waals surface area contributed by atoms with Crippen molar-refractivity contribution in [3.05, 3.63) is 87.8 Å². The molecule has 0 saturated carbocycles. The SMILES string of the molecule is Clc1ccc(COc2cccc(CNCc3ccco3)c2)c(Cl)c1. The van der Waals surface area contributed by atoms with E-state index in [0.29, 0.717) is 23.2 Å². The lowest BCUT2D eigenvalue weighted by molar-refractivity contribution is 0.306. The quantitative estimate of drug-likeness (QED) is 0.606. The Morgan fingerprint density at radius 2 is 1.88 bits per heavy atom. The fourth-order valence-corrected chi connectivity index (χ4v) is 2.75. The van der Waals surface area contributed by atoms with Crippen LogP contribution in [0, 0.1) is 0 Å². The van der Waals surface area contributed by atoms with E-state index in [1.54, 1.807) is 18.4 Å². The highest BCUT2D eigenvalue weighted by Gasteiger charge is 2.03. The number of rotatable bonds is 7. The van der Waals surface area contributed by atoms with Gasteiger partial charge in [-0.25, -0.2) is 0 Å². The van der Waals surface area contributed by atoms with Crippen molar-refractivity contribution in [1.29, 1.82) is 0 Å². The van der Waals surface area contributed by atoms with Crippen LogP contribution < -0.4 is 10.1 Å². The summed E-state index contributed by atoms with van der Waals surface area (Å²) in [6.45, 7) is 1.83. The van der Waals surface area contributed by atoms with E-state index >= 15 is 0 Å². The maximum absolute atomic E-state index is 6.16. The molecule has 0 aliphatic carbocycles. The highest BCUT2D eigenvalue weighted by molar-refractivity contribution is 6.35. The van der Waals surface area contributed by atoms with Crippen molar-refractivity contribution in [2.75, 3.05) is 0 Å². The first-order valence-electron chi connectivity index (χ1n) is 7.59. The number of hydrogen-bond acceptors (Lipinski definition) is 3. The zero-order valence-corrected chi connectivity index (χ0v) is 14.5. The molecule has 0 saturated heterocycles. The molecule has 0 aliphatic rings. The minimum Gasteiger partial charge on any atom is -0.489 e. The lowest BCUT2D eigenvalue weighted by Gasteiger charge is -2.10. The van der Waals surface area contributed by atoms with Gasteiger partial charge in [0, 0.05) is 22.2 Å². The third-order valence-electron chi connectivity index (χ3n) is 3.52. The van der Waals surface area contributed by atoms with Crippen LogP contribution in [-0.2, 0) is 19.7 Å². The minimum atomic E-state index is 0.402. The molecule has 3 nitrogen and oxygen atoms in total. The maximum Gasteiger partial charge on any atom is 0.120 e. The van der Waals surface area contributed by atoms with Gasteiger partial charge in [-0.05, 0) is 42.0 Å². The molecule has 1 heterocycles. The summed E-state index contributed by atoms with van der Waals surface area (Å²) >= 11 is 12.1. The summed E-state index contributed by atoms with van der Waals surface area (Å²) in [7, 11) is 0. The first kappa shape index (κ1) is 16.9. The summed E-state index contributed by atoms with van der Waals surface area (Å²) in [6.07, 6.45) is 1.67. The Morgan fingerprint density at radius 1 is 0.958 bits per heavy atom. The van der Waals surface area contributed by atoms with Crippen LogP contribution in [0.25, 0.3) is 0 Å². The van der Waals surface area contributed by atoms with Crippen molar-refractivity contribution < 1.29 is 9.15 Å². The van der Waals surface area contributed by atoms with Crippen LogP contribution in [0.15, 0.2) is 65.3 Å². The Hall–Kier alpha value is -1.94. The van der Waals surface area contributed by atoms with E-state index in [9.17, 15) is 0 Å². The van der Waals surface area contributed by atoms with Gasteiger partial charge in [0.2, 0.25) is 0 Å². The number of nitrogens with one attached hydrogen (secondary N) is 1. The molecule has 0 unspecified atom stereocenters. The van der Waals surface area contributed by atoms with Gasteiger partial charge in [-0.15, -0.1) is 0 Å². The average molecular weight is 362 g/mol. The van der Waals surface area contributed by atoms with E-state index in [4.69, 9.17) is 32.4 Å². The van der Waals surface area contributed by atoms with E-state index in [1.165, 1.54) is 0 Å². The van der Waals surface area contributed by atoms with Crippen LogP contribution in [0.1, 0.15) is 16.9 Å². The smallest absolute Gasteiger partial charge is 0.120 e. The van der Waals surface area contributed by atoms with Gasteiger partial charge in [0.15, 0.2) is 0 Å². The Bertz CT molecular complexity index is 788. The molecular formula is C19H17Cl2NO2. The number of benzene rings is 2. The lowest BCUT2D eigenvalue weighted by atomic mass is 10.2. The molecule has 2 aromatic carbocycles. The van der Waals surface area contributed by atoms with Gasteiger partial charge in [-0.3, -0.25) is 0 Å². The molecule has 0 amide bonds. The number of hydrogen-bond donors (Lipinski definition) is 1. The minimum absolute atomic E-state index is 0.402. The third-order valence-corrected chi connectivity index (χ3v) is 4.10. The zero-order chi connectivity index (χ0) is 16.8. The average Bonchev–Trinajstić information content (AvgIpc) is 3.08. The summed E-state index contributed by atoms with van der Waals surface area (Å²) < 4.78 is 11.1. The predicted octanol–water partition coefficient (Wildman–Crippen LogP) is 5.46. The Kier molecular flexibility index (Phi) is 5.81. The molecule has 0 fully saturated rings. The topological polar surface area (TPSA) is 34.4 Å². The van der Waals surface area contributed by atoms with Gasteiger partial charge in [0.25, 0.3) is 0 Å². The van der Waals surface area contributed by atoms with Crippen LogP contribution in [0.4, 0.5) is 0 Å². The van der Waals surface area contributed by atoms with Gasteiger partial charge < -0.3 is 14.5 Å².